The maximum Gasteiger partial charge on any atom is 0.347 e. The van der Waals surface area contributed by atoms with E-state index in [1.165, 1.54) is 24.3 Å². The van der Waals surface area contributed by atoms with Crippen LogP contribution in [-0.2, 0) is 0 Å². The lowest BCUT2D eigenvalue weighted by molar-refractivity contribution is 0.0731. The molecule has 5 heteroatoms. The number of rotatable bonds is 2. The molecule has 0 heterocycles. The van der Waals surface area contributed by atoms with Crippen molar-refractivity contribution in [3.05, 3.63) is 53.1 Å². The predicted octanol–water partition coefficient (Wildman–Crippen LogP) is 2.97. The summed E-state index contributed by atoms with van der Waals surface area (Å²) in [5, 5.41) is 19.1. The van der Waals surface area contributed by atoms with Gasteiger partial charge in [-0.3, -0.25) is 0 Å². The Kier molecular flexibility index (Phi) is 3.39. The van der Waals surface area contributed by atoms with Crippen molar-refractivity contribution < 1.29 is 19.7 Å². The molecule has 0 aliphatic heterocycles. The summed E-state index contributed by atoms with van der Waals surface area (Å²) >= 11 is 5.70. The van der Waals surface area contributed by atoms with E-state index in [-0.39, 0.29) is 17.1 Å². The third kappa shape index (κ3) is 2.73. The van der Waals surface area contributed by atoms with Crippen LogP contribution in [0.25, 0.3) is 0 Å². The molecule has 0 radical (unpaired) electrons. The Bertz CT molecular complexity index is 578. The lowest BCUT2D eigenvalue weighted by Gasteiger charge is -2.06. The van der Waals surface area contributed by atoms with E-state index in [9.17, 15) is 9.90 Å². The lowest BCUT2D eigenvalue weighted by atomic mass is 10.2. The zero-order valence-corrected chi connectivity index (χ0v) is 9.89. The smallest absolute Gasteiger partial charge is 0.347 e. The summed E-state index contributed by atoms with van der Waals surface area (Å²) in [6.07, 6.45) is 0. The predicted molar refractivity (Wildman–Crippen MR) is 66.2 cm³/mol. The first-order valence-electron chi connectivity index (χ1n) is 5.06. The van der Waals surface area contributed by atoms with E-state index >= 15 is 0 Å². The van der Waals surface area contributed by atoms with E-state index in [0.717, 1.165) is 6.07 Å². The highest BCUT2D eigenvalue weighted by Crippen LogP contribution is 2.24. The largest absolute Gasteiger partial charge is 0.508 e. The minimum Gasteiger partial charge on any atom is -0.508 e. The summed E-state index contributed by atoms with van der Waals surface area (Å²) in [4.78, 5) is 11.7. The molecule has 2 rings (SSSR count). The van der Waals surface area contributed by atoms with Crippen molar-refractivity contribution in [2.24, 2.45) is 0 Å². The van der Waals surface area contributed by atoms with Crippen LogP contribution in [0, 0.1) is 0 Å². The number of benzene rings is 2. The first kappa shape index (κ1) is 12.3. The van der Waals surface area contributed by atoms with Gasteiger partial charge in [0.05, 0.1) is 0 Å². The zero-order chi connectivity index (χ0) is 13.1. The molecule has 0 amide bonds. The Morgan fingerprint density at radius 3 is 2.33 bits per heavy atom. The molecule has 0 aliphatic carbocycles. The molecule has 2 aromatic rings. The molecular formula is C13H9ClO4. The average molecular weight is 265 g/mol. The Morgan fingerprint density at radius 1 is 1.06 bits per heavy atom. The van der Waals surface area contributed by atoms with Crippen LogP contribution >= 0.6 is 11.6 Å². The molecule has 0 saturated heterocycles. The second-order valence-electron chi connectivity index (χ2n) is 3.54. The summed E-state index contributed by atoms with van der Waals surface area (Å²) in [5.41, 5.74) is -0.0252. The lowest BCUT2D eigenvalue weighted by Crippen LogP contribution is -2.08. The Labute approximate surface area is 108 Å². The molecule has 4 nitrogen and oxygen atoms in total. The van der Waals surface area contributed by atoms with Gasteiger partial charge in [-0.15, -0.1) is 0 Å². The molecule has 0 saturated carbocycles. The van der Waals surface area contributed by atoms with Crippen molar-refractivity contribution in [2.75, 3.05) is 0 Å². The van der Waals surface area contributed by atoms with Gasteiger partial charge < -0.3 is 14.9 Å². The highest BCUT2D eigenvalue weighted by atomic mass is 35.5. The van der Waals surface area contributed by atoms with Gasteiger partial charge in [0, 0.05) is 11.1 Å². The first-order valence-corrected chi connectivity index (χ1v) is 5.44. The fourth-order valence-corrected chi connectivity index (χ4v) is 1.48. The second kappa shape index (κ2) is 4.98. The van der Waals surface area contributed by atoms with Gasteiger partial charge in [-0.1, -0.05) is 11.6 Å². The van der Waals surface area contributed by atoms with Crippen LogP contribution in [0.15, 0.2) is 42.5 Å². The zero-order valence-electron chi connectivity index (χ0n) is 9.13. The van der Waals surface area contributed by atoms with E-state index in [1.807, 2.05) is 0 Å². The molecule has 0 atom stereocenters. The van der Waals surface area contributed by atoms with Crippen LogP contribution in [0.2, 0.25) is 5.02 Å². The Hall–Kier alpha value is -2.20. The molecule has 18 heavy (non-hydrogen) atoms. The average Bonchev–Trinajstić information content (AvgIpc) is 2.32. The Morgan fingerprint density at radius 2 is 1.72 bits per heavy atom. The third-order valence-electron chi connectivity index (χ3n) is 2.23. The molecule has 2 aromatic carbocycles. The number of carbonyl (C=O) groups is 1. The fourth-order valence-electron chi connectivity index (χ4n) is 1.36. The van der Waals surface area contributed by atoms with Crippen LogP contribution in [0.5, 0.6) is 17.2 Å². The summed E-state index contributed by atoms with van der Waals surface area (Å²) in [6.45, 7) is 0. The number of esters is 1. The standard InChI is InChI=1S/C13H9ClO4/c14-8-1-4-10(5-2-8)18-13(17)11-6-3-9(15)7-12(11)16/h1-7,15-16H. The monoisotopic (exact) mass is 264 g/mol. The summed E-state index contributed by atoms with van der Waals surface area (Å²) in [6, 6.07) is 9.89. The summed E-state index contributed by atoms with van der Waals surface area (Å²) < 4.78 is 5.04. The molecule has 0 spiro atoms. The first-order chi connectivity index (χ1) is 8.56. The maximum atomic E-state index is 11.7. The Balaban J connectivity index is 2.19. The van der Waals surface area contributed by atoms with Crippen LogP contribution in [-0.4, -0.2) is 16.2 Å². The summed E-state index contributed by atoms with van der Waals surface area (Å²) in [5.74, 6) is -0.865. The van der Waals surface area contributed by atoms with Gasteiger partial charge in [0.2, 0.25) is 0 Å². The SMILES string of the molecule is O=C(Oc1ccc(Cl)cc1)c1ccc(O)cc1O. The van der Waals surface area contributed by atoms with Crippen molar-refractivity contribution in [3.8, 4) is 17.2 Å². The number of aromatic hydroxyl groups is 2. The number of ether oxygens (including phenoxy) is 1. The van der Waals surface area contributed by atoms with Crippen molar-refractivity contribution in [1.82, 2.24) is 0 Å². The highest BCUT2D eigenvalue weighted by Gasteiger charge is 2.13. The topological polar surface area (TPSA) is 66.8 Å². The third-order valence-corrected chi connectivity index (χ3v) is 2.48. The van der Waals surface area contributed by atoms with Crippen LogP contribution < -0.4 is 4.74 Å². The van der Waals surface area contributed by atoms with Crippen molar-refractivity contribution in [2.45, 2.75) is 0 Å². The minimum absolute atomic E-state index is 0.0252. The maximum absolute atomic E-state index is 11.7. The molecular weight excluding hydrogens is 256 g/mol. The molecule has 0 aromatic heterocycles. The van der Waals surface area contributed by atoms with E-state index in [0.29, 0.717) is 10.8 Å². The van der Waals surface area contributed by atoms with Gasteiger partial charge in [-0.2, -0.15) is 0 Å². The van der Waals surface area contributed by atoms with Crippen molar-refractivity contribution in [3.63, 3.8) is 0 Å². The number of hydrogen-bond donors (Lipinski definition) is 2. The number of hydrogen-bond acceptors (Lipinski definition) is 4. The molecule has 92 valence electrons. The number of phenolic OH excluding ortho intramolecular Hbond substituents is 2. The molecule has 0 unspecified atom stereocenters. The van der Waals surface area contributed by atoms with Crippen molar-refractivity contribution in [1.29, 1.82) is 0 Å². The number of halogens is 1. The van der Waals surface area contributed by atoms with Crippen LogP contribution in [0.1, 0.15) is 10.4 Å². The second-order valence-corrected chi connectivity index (χ2v) is 3.98. The van der Waals surface area contributed by atoms with Gasteiger partial charge in [0.25, 0.3) is 0 Å². The normalized spacial score (nSPS) is 10.1. The number of carbonyl (C=O) groups excluding carboxylic acids is 1. The molecule has 0 bridgehead atoms. The molecule has 0 fully saturated rings. The van der Waals surface area contributed by atoms with Gasteiger partial charge >= 0.3 is 5.97 Å². The van der Waals surface area contributed by atoms with E-state index in [4.69, 9.17) is 21.4 Å². The van der Waals surface area contributed by atoms with Gasteiger partial charge in [0.1, 0.15) is 22.8 Å². The van der Waals surface area contributed by atoms with Crippen LogP contribution in [0.4, 0.5) is 0 Å². The van der Waals surface area contributed by atoms with Crippen molar-refractivity contribution >= 4 is 17.6 Å². The number of phenols is 2. The summed E-state index contributed by atoms with van der Waals surface area (Å²) in [7, 11) is 0. The van der Waals surface area contributed by atoms with Gasteiger partial charge in [-0.05, 0) is 36.4 Å². The highest BCUT2D eigenvalue weighted by molar-refractivity contribution is 6.30. The van der Waals surface area contributed by atoms with Gasteiger partial charge in [0.15, 0.2) is 0 Å². The quantitative estimate of drug-likeness (QED) is 0.646. The van der Waals surface area contributed by atoms with E-state index in [2.05, 4.69) is 0 Å². The van der Waals surface area contributed by atoms with E-state index in [1.54, 1.807) is 12.1 Å². The van der Waals surface area contributed by atoms with E-state index < -0.39 is 5.97 Å². The minimum atomic E-state index is -0.713. The van der Waals surface area contributed by atoms with Gasteiger partial charge in [-0.25, -0.2) is 4.79 Å². The molecule has 0 aliphatic rings. The fraction of sp³-hybridized carbons (Fsp3) is 0. The molecule has 2 N–H and O–H groups in total. The van der Waals surface area contributed by atoms with Crippen LogP contribution in [0.3, 0.4) is 0 Å².